The Morgan fingerprint density at radius 2 is 2.43 bits per heavy atom. The van der Waals surface area contributed by atoms with Crippen molar-refractivity contribution < 1.29 is 0 Å². The molecule has 0 amide bonds. The molecule has 4 nitrogen and oxygen atoms in total. The van der Waals surface area contributed by atoms with Crippen LogP contribution in [0.25, 0.3) is 0 Å². The van der Waals surface area contributed by atoms with Gasteiger partial charge < -0.3 is 9.88 Å². The molecule has 0 atom stereocenters. The summed E-state index contributed by atoms with van der Waals surface area (Å²) in [6, 6.07) is 2.54. The van der Waals surface area contributed by atoms with Gasteiger partial charge in [-0.05, 0) is 13.8 Å². The third-order valence-electron chi connectivity index (χ3n) is 2.02. The summed E-state index contributed by atoms with van der Waals surface area (Å²) < 4.78 is 2.12. The lowest BCUT2D eigenvalue weighted by Crippen LogP contribution is -2.17. The Morgan fingerprint density at radius 1 is 1.64 bits per heavy atom. The van der Waals surface area contributed by atoms with Crippen LogP contribution in [0.2, 0.25) is 0 Å². The zero-order chi connectivity index (χ0) is 10.4. The summed E-state index contributed by atoms with van der Waals surface area (Å²) in [7, 11) is 0. The van der Waals surface area contributed by atoms with E-state index in [1.807, 2.05) is 12.5 Å². The molecule has 1 rings (SSSR count). The van der Waals surface area contributed by atoms with Gasteiger partial charge in [0, 0.05) is 31.7 Å². The van der Waals surface area contributed by atoms with Crippen LogP contribution in [0, 0.1) is 11.3 Å². The molecule has 0 saturated carbocycles. The molecule has 1 aromatic rings. The van der Waals surface area contributed by atoms with Crippen LogP contribution in [-0.4, -0.2) is 16.1 Å². The number of imidazole rings is 1. The minimum absolute atomic E-state index is 0.435. The maximum atomic E-state index is 8.36. The molecule has 0 aliphatic carbocycles. The van der Waals surface area contributed by atoms with Gasteiger partial charge in [0.2, 0.25) is 0 Å². The Hall–Kier alpha value is -1.34. The number of nitriles is 1. The summed E-state index contributed by atoms with van der Waals surface area (Å²) in [6.07, 6.45) is 4.25. The van der Waals surface area contributed by atoms with E-state index in [9.17, 15) is 0 Å². The molecular formula is C10H16N4. The smallest absolute Gasteiger partial charge is 0.0951 e. The number of nitrogens with zero attached hydrogens (tertiary/aromatic N) is 3. The molecule has 0 spiro atoms. The second kappa shape index (κ2) is 5.40. The van der Waals surface area contributed by atoms with Gasteiger partial charge in [-0.3, -0.25) is 0 Å². The van der Waals surface area contributed by atoms with Crippen LogP contribution in [0.1, 0.15) is 32.0 Å². The normalized spacial score (nSPS) is 10.4. The van der Waals surface area contributed by atoms with E-state index in [0.29, 0.717) is 12.5 Å². The predicted molar refractivity (Wildman–Crippen MR) is 54.5 cm³/mol. The predicted octanol–water partition coefficient (Wildman–Crippen LogP) is 1.47. The van der Waals surface area contributed by atoms with E-state index in [1.54, 1.807) is 0 Å². The van der Waals surface area contributed by atoms with Gasteiger partial charge in [0.25, 0.3) is 0 Å². The van der Waals surface area contributed by atoms with Gasteiger partial charge in [-0.1, -0.05) is 0 Å². The number of nitrogens with one attached hydrogen (secondary N) is 1. The third-order valence-corrected chi connectivity index (χ3v) is 2.02. The Labute approximate surface area is 84.6 Å². The molecule has 1 N–H and O–H groups in total. The number of rotatable bonds is 5. The molecule has 0 aliphatic heterocycles. The van der Waals surface area contributed by atoms with E-state index in [0.717, 1.165) is 18.8 Å². The van der Waals surface area contributed by atoms with Gasteiger partial charge in [0.1, 0.15) is 0 Å². The van der Waals surface area contributed by atoms with Crippen molar-refractivity contribution in [3.05, 3.63) is 18.2 Å². The fourth-order valence-corrected chi connectivity index (χ4v) is 1.29. The Morgan fingerprint density at radius 3 is 3.07 bits per heavy atom. The van der Waals surface area contributed by atoms with Gasteiger partial charge in [-0.25, -0.2) is 4.98 Å². The molecule has 0 fully saturated rings. The number of hydrogen-bond acceptors (Lipinski definition) is 3. The fourth-order valence-electron chi connectivity index (χ4n) is 1.29. The molecule has 1 heterocycles. The lowest BCUT2D eigenvalue weighted by atomic mass is 10.3. The number of aromatic nitrogens is 2. The maximum absolute atomic E-state index is 8.36. The molecule has 0 saturated heterocycles. The highest BCUT2D eigenvalue weighted by Gasteiger charge is 2.03. The van der Waals surface area contributed by atoms with E-state index in [2.05, 4.69) is 34.8 Å². The molecule has 76 valence electrons. The van der Waals surface area contributed by atoms with Crippen LogP contribution in [0.15, 0.2) is 12.5 Å². The molecular weight excluding hydrogens is 176 g/mol. The summed E-state index contributed by atoms with van der Waals surface area (Å²) in [4.78, 5) is 4.10. The Bertz CT molecular complexity index is 308. The van der Waals surface area contributed by atoms with Crippen molar-refractivity contribution in [3.8, 4) is 6.07 Å². The van der Waals surface area contributed by atoms with Gasteiger partial charge in [0.05, 0.1) is 18.1 Å². The standard InChI is InChI=1S/C10H16N4/c1-9(2)14-8-13-7-10(14)6-12-5-3-4-11/h7-9,12H,3,5-6H2,1-2H3. The third kappa shape index (κ3) is 2.86. The van der Waals surface area contributed by atoms with Crippen LogP contribution in [-0.2, 0) is 6.54 Å². The highest BCUT2D eigenvalue weighted by Crippen LogP contribution is 2.07. The van der Waals surface area contributed by atoms with Crippen LogP contribution in [0.4, 0.5) is 0 Å². The van der Waals surface area contributed by atoms with Crippen LogP contribution < -0.4 is 5.32 Å². The van der Waals surface area contributed by atoms with Gasteiger partial charge in [0.15, 0.2) is 0 Å². The Balaban J connectivity index is 2.43. The molecule has 0 radical (unpaired) electrons. The molecule has 1 aromatic heterocycles. The van der Waals surface area contributed by atoms with Crippen molar-refractivity contribution in [1.29, 1.82) is 5.26 Å². The van der Waals surface area contributed by atoms with Crippen molar-refractivity contribution in [2.24, 2.45) is 0 Å². The molecule has 14 heavy (non-hydrogen) atoms. The lowest BCUT2D eigenvalue weighted by molar-refractivity contribution is 0.552. The average molecular weight is 192 g/mol. The van der Waals surface area contributed by atoms with Gasteiger partial charge in [-0.15, -0.1) is 0 Å². The second-order valence-corrected chi connectivity index (χ2v) is 3.47. The zero-order valence-electron chi connectivity index (χ0n) is 8.70. The maximum Gasteiger partial charge on any atom is 0.0951 e. The van der Waals surface area contributed by atoms with Gasteiger partial charge in [-0.2, -0.15) is 5.26 Å². The summed E-state index contributed by atoms with van der Waals surface area (Å²) in [5, 5.41) is 11.6. The first-order valence-electron chi connectivity index (χ1n) is 4.84. The van der Waals surface area contributed by atoms with Crippen molar-refractivity contribution >= 4 is 0 Å². The first kappa shape index (κ1) is 10.7. The minimum Gasteiger partial charge on any atom is -0.331 e. The quantitative estimate of drug-likeness (QED) is 0.719. The fraction of sp³-hybridized carbons (Fsp3) is 0.600. The zero-order valence-corrected chi connectivity index (χ0v) is 8.70. The minimum atomic E-state index is 0.435. The van der Waals surface area contributed by atoms with Crippen molar-refractivity contribution in [2.45, 2.75) is 32.9 Å². The SMILES string of the molecule is CC(C)n1cncc1CNCCC#N. The molecule has 0 aromatic carbocycles. The summed E-state index contributed by atoms with van der Waals surface area (Å²) in [5.74, 6) is 0. The first-order valence-corrected chi connectivity index (χ1v) is 4.84. The second-order valence-electron chi connectivity index (χ2n) is 3.47. The van der Waals surface area contributed by atoms with E-state index in [4.69, 9.17) is 5.26 Å². The molecule has 0 bridgehead atoms. The Kier molecular flexibility index (Phi) is 4.14. The van der Waals surface area contributed by atoms with Crippen molar-refractivity contribution in [2.75, 3.05) is 6.54 Å². The van der Waals surface area contributed by atoms with Crippen LogP contribution >= 0.6 is 0 Å². The average Bonchev–Trinajstić information content (AvgIpc) is 2.60. The lowest BCUT2D eigenvalue weighted by Gasteiger charge is -2.11. The molecule has 0 aliphatic rings. The highest BCUT2D eigenvalue weighted by molar-refractivity contribution is 4.99. The van der Waals surface area contributed by atoms with Crippen LogP contribution in [0.5, 0.6) is 0 Å². The topological polar surface area (TPSA) is 53.6 Å². The van der Waals surface area contributed by atoms with E-state index < -0.39 is 0 Å². The first-order chi connectivity index (χ1) is 6.75. The number of hydrogen-bond donors (Lipinski definition) is 1. The summed E-state index contributed by atoms with van der Waals surface area (Å²) in [6.45, 7) is 5.76. The van der Waals surface area contributed by atoms with Crippen molar-refractivity contribution in [3.63, 3.8) is 0 Å². The monoisotopic (exact) mass is 192 g/mol. The molecule has 0 unspecified atom stereocenters. The van der Waals surface area contributed by atoms with E-state index in [1.165, 1.54) is 0 Å². The summed E-state index contributed by atoms with van der Waals surface area (Å²) in [5.41, 5.74) is 1.16. The summed E-state index contributed by atoms with van der Waals surface area (Å²) >= 11 is 0. The van der Waals surface area contributed by atoms with Crippen molar-refractivity contribution in [1.82, 2.24) is 14.9 Å². The largest absolute Gasteiger partial charge is 0.331 e. The van der Waals surface area contributed by atoms with Gasteiger partial charge >= 0.3 is 0 Å². The highest BCUT2D eigenvalue weighted by atomic mass is 15.1. The van der Waals surface area contributed by atoms with E-state index >= 15 is 0 Å². The molecule has 4 heteroatoms. The van der Waals surface area contributed by atoms with Crippen LogP contribution in [0.3, 0.4) is 0 Å². The van der Waals surface area contributed by atoms with E-state index in [-0.39, 0.29) is 0 Å².